The molecule has 0 unspecified atom stereocenters. The van der Waals surface area contributed by atoms with Crippen molar-refractivity contribution in [1.29, 1.82) is 0 Å². The summed E-state index contributed by atoms with van der Waals surface area (Å²) >= 11 is 0. The molecule has 92 valence electrons. The molecule has 1 aliphatic carbocycles. The highest BCUT2D eigenvalue weighted by Crippen LogP contribution is 2.31. The monoisotopic (exact) mass is 230 g/mol. The fourth-order valence-corrected chi connectivity index (χ4v) is 2.70. The Balaban J connectivity index is 2.52. The number of hydrogen-bond acceptors (Lipinski definition) is 1. The number of benzene rings is 1. The van der Waals surface area contributed by atoms with Gasteiger partial charge < -0.3 is 0 Å². The van der Waals surface area contributed by atoms with Gasteiger partial charge in [-0.25, -0.2) is 0 Å². The number of carbonyl (C=O) groups is 1. The lowest BCUT2D eigenvalue weighted by molar-refractivity contribution is -0.118. The molecule has 0 N–H and O–H groups in total. The van der Waals surface area contributed by atoms with Gasteiger partial charge in [0.1, 0.15) is 5.78 Å². The second kappa shape index (κ2) is 4.64. The first-order valence-electron chi connectivity index (χ1n) is 6.66. The van der Waals surface area contributed by atoms with Gasteiger partial charge in [-0.15, -0.1) is 0 Å². The van der Waals surface area contributed by atoms with Gasteiger partial charge in [0.15, 0.2) is 0 Å². The quantitative estimate of drug-likeness (QED) is 0.750. The maximum atomic E-state index is 11.5. The Labute approximate surface area is 104 Å². The minimum atomic E-state index is 0.393. The van der Waals surface area contributed by atoms with Crippen molar-refractivity contribution in [2.24, 2.45) is 0 Å². The van der Waals surface area contributed by atoms with Gasteiger partial charge in [0.05, 0.1) is 0 Å². The highest BCUT2D eigenvalue weighted by molar-refractivity contribution is 5.83. The summed E-state index contributed by atoms with van der Waals surface area (Å²) in [4.78, 5) is 11.5. The van der Waals surface area contributed by atoms with Gasteiger partial charge in [-0.3, -0.25) is 4.79 Å². The second-order valence-electron chi connectivity index (χ2n) is 5.77. The lowest BCUT2D eigenvalue weighted by atomic mass is 9.82. The molecule has 1 aromatic rings. The fourth-order valence-electron chi connectivity index (χ4n) is 2.70. The van der Waals surface area contributed by atoms with E-state index in [0.29, 0.717) is 24.0 Å². The summed E-state index contributed by atoms with van der Waals surface area (Å²) in [5.41, 5.74) is 5.56. The lowest BCUT2D eigenvalue weighted by Crippen LogP contribution is -2.15. The Morgan fingerprint density at radius 2 is 1.41 bits per heavy atom. The molecule has 1 aliphatic rings. The standard InChI is InChI=1S/C16H22O/c1-10(2)15-8-12-5-6-14(17)7-13(12)9-16(15)11(3)4/h8-11H,5-7H2,1-4H3. The van der Waals surface area contributed by atoms with E-state index in [4.69, 9.17) is 0 Å². The molecule has 0 saturated carbocycles. The first-order valence-corrected chi connectivity index (χ1v) is 6.66. The number of hydrogen-bond donors (Lipinski definition) is 0. The number of Topliss-reactive ketones (excluding diaryl/α,β-unsaturated/α-hetero) is 1. The normalized spacial score (nSPS) is 15.5. The van der Waals surface area contributed by atoms with Crippen molar-refractivity contribution in [2.75, 3.05) is 0 Å². The zero-order chi connectivity index (χ0) is 12.6. The van der Waals surface area contributed by atoms with Gasteiger partial charge in [0.2, 0.25) is 0 Å². The number of carbonyl (C=O) groups excluding carboxylic acids is 1. The first-order chi connectivity index (χ1) is 7.99. The predicted molar refractivity (Wildman–Crippen MR) is 71.7 cm³/mol. The van der Waals surface area contributed by atoms with E-state index in [-0.39, 0.29) is 0 Å². The van der Waals surface area contributed by atoms with Gasteiger partial charge >= 0.3 is 0 Å². The minimum Gasteiger partial charge on any atom is -0.299 e. The Kier molecular flexibility index (Phi) is 3.37. The van der Waals surface area contributed by atoms with Crippen LogP contribution in [0.25, 0.3) is 0 Å². The molecule has 0 atom stereocenters. The summed E-state index contributed by atoms with van der Waals surface area (Å²) in [6, 6.07) is 4.63. The Bertz CT molecular complexity index is 441. The van der Waals surface area contributed by atoms with E-state index in [2.05, 4.69) is 39.8 Å². The summed E-state index contributed by atoms with van der Waals surface area (Å²) in [5, 5.41) is 0. The van der Waals surface area contributed by atoms with Gasteiger partial charge in [0.25, 0.3) is 0 Å². The molecular weight excluding hydrogens is 208 g/mol. The zero-order valence-corrected chi connectivity index (χ0v) is 11.3. The van der Waals surface area contributed by atoms with Crippen LogP contribution in [0.4, 0.5) is 0 Å². The van der Waals surface area contributed by atoms with E-state index in [1.807, 2.05) is 0 Å². The smallest absolute Gasteiger partial charge is 0.137 e. The van der Waals surface area contributed by atoms with Gasteiger partial charge in [-0.05, 0) is 40.5 Å². The molecule has 0 fully saturated rings. The summed E-state index contributed by atoms with van der Waals surface area (Å²) in [5.74, 6) is 1.49. The molecule has 0 spiro atoms. The van der Waals surface area contributed by atoms with E-state index < -0.39 is 0 Å². The molecule has 0 saturated heterocycles. The summed E-state index contributed by atoms with van der Waals surface area (Å²) in [7, 11) is 0. The zero-order valence-electron chi connectivity index (χ0n) is 11.3. The molecular formula is C16H22O. The largest absolute Gasteiger partial charge is 0.299 e. The molecule has 17 heavy (non-hydrogen) atoms. The van der Waals surface area contributed by atoms with Crippen molar-refractivity contribution < 1.29 is 4.79 Å². The van der Waals surface area contributed by atoms with Crippen LogP contribution >= 0.6 is 0 Å². The van der Waals surface area contributed by atoms with Gasteiger partial charge in [-0.1, -0.05) is 39.8 Å². The van der Waals surface area contributed by atoms with E-state index in [9.17, 15) is 4.79 Å². The molecule has 0 heterocycles. The number of ketones is 1. The fraction of sp³-hybridized carbons (Fsp3) is 0.562. The van der Waals surface area contributed by atoms with Gasteiger partial charge in [0, 0.05) is 12.8 Å². The minimum absolute atomic E-state index is 0.393. The Morgan fingerprint density at radius 1 is 0.882 bits per heavy atom. The van der Waals surface area contributed by atoms with Crippen molar-refractivity contribution >= 4 is 5.78 Å². The summed E-state index contributed by atoms with van der Waals surface area (Å²) in [6.07, 6.45) is 2.31. The maximum Gasteiger partial charge on any atom is 0.137 e. The number of fused-ring (bicyclic) bond motifs is 1. The number of rotatable bonds is 2. The Hall–Kier alpha value is -1.11. The third-order valence-electron chi connectivity index (χ3n) is 3.71. The number of aryl methyl sites for hydroxylation is 1. The topological polar surface area (TPSA) is 17.1 Å². The van der Waals surface area contributed by atoms with Crippen LogP contribution in [0.2, 0.25) is 0 Å². The van der Waals surface area contributed by atoms with Crippen LogP contribution in [0.1, 0.15) is 68.2 Å². The van der Waals surface area contributed by atoms with Crippen molar-refractivity contribution in [3.05, 3.63) is 34.4 Å². The summed E-state index contributed by atoms with van der Waals surface area (Å²) < 4.78 is 0. The molecule has 1 heteroatoms. The highest BCUT2D eigenvalue weighted by Gasteiger charge is 2.19. The van der Waals surface area contributed by atoms with Crippen LogP contribution < -0.4 is 0 Å². The average Bonchev–Trinajstić information content (AvgIpc) is 2.26. The van der Waals surface area contributed by atoms with Crippen molar-refractivity contribution in [3.63, 3.8) is 0 Å². The van der Waals surface area contributed by atoms with Crippen LogP contribution in [-0.2, 0) is 17.6 Å². The van der Waals surface area contributed by atoms with Crippen LogP contribution in [0.15, 0.2) is 12.1 Å². The summed E-state index contributed by atoms with van der Waals surface area (Å²) in [6.45, 7) is 8.97. The molecule has 0 aromatic heterocycles. The van der Waals surface area contributed by atoms with Crippen molar-refractivity contribution in [1.82, 2.24) is 0 Å². The molecule has 0 amide bonds. The predicted octanol–water partition coefficient (Wildman–Crippen LogP) is 3.99. The second-order valence-corrected chi connectivity index (χ2v) is 5.77. The van der Waals surface area contributed by atoms with Gasteiger partial charge in [-0.2, -0.15) is 0 Å². The van der Waals surface area contributed by atoms with E-state index in [0.717, 1.165) is 12.8 Å². The van der Waals surface area contributed by atoms with Crippen LogP contribution in [0.3, 0.4) is 0 Å². The Morgan fingerprint density at radius 3 is 1.94 bits per heavy atom. The molecule has 2 rings (SSSR count). The van der Waals surface area contributed by atoms with E-state index >= 15 is 0 Å². The molecule has 0 radical (unpaired) electrons. The van der Waals surface area contributed by atoms with E-state index in [1.165, 1.54) is 22.3 Å². The molecule has 1 aromatic carbocycles. The molecule has 0 aliphatic heterocycles. The average molecular weight is 230 g/mol. The van der Waals surface area contributed by atoms with Crippen molar-refractivity contribution in [2.45, 2.75) is 58.8 Å². The molecule has 1 nitrogen and oxygen atoms in total. The SMILES string of the molecule is CC(C)c1cc2c(cc1C(C)C)CC(=O)CC2. The first kappa shape index (κ1) is 12.3. The van der Waals surface area contributed by atoms with Crippen LogP contribution in [0, 0.1) is 0 Å². The van der Waals surface area contributed by atoms with Crippen molar-refractivity contribution in [3.8, 4) is 0 Å². The van der Waals surface area contributed by atoms with Crippen LogP contribution in [0.5, 0.6) is 0 Å². The third-order valence-corrected chi connectivity index (χ3v) is 3.71. The van der Waals surface area contributed by atoms with Crippen LogP contribution in [-0.4, -0.2) is 5.78 Å². The molecule has 0 bridgehead atoms. The van der Waals surface area contributed by atoms with E-state index in [1.54, 1.807) is 0 Å². The highest BCUT2D eigenvalue weighted by atomic mass is 16.1. The maximum absolute atomic E-state index is 11.5. The lowest BCUT2D eigenvalue weighted by Gasteiger charge is -2.22. The third kappa shape index (κ3) is 2.43.